The second kappa shape index (κ2) is 5.46. The minimum Gasteiger partial charge on any atom is -0.490 e. The van der Waals surface area contributed by atoms with E-state index in [9.17, 15) is 9.50 Å². The lowest BCUT2D eigenvalue weighted by atomic mass is 9.85. The number of ether oxygens (including phenoxy) is 1. The number of aliphatic hydroxyl groups is 1. The summed E-state index contributed by atoms with van der Waals surface area (Å²) in [4.78, 5) is 4.21. The molecule has 6 heteroatoms. The maximum absolute atomic E-state index is 13.9. The molecule has 4 rings (SSSR count). The van der Waals surface area contributed by atoms with Crippen molar-refractivity contribution in [2.75, 3.05) is 0 Å². The number of benzene rings is 2. The fourth-order valence-electron chi connectivity index (χ4n) is 3.08. The molecule has 1 saturated carbocycles. The standard InChI is InChI=1S/C18H16ClFN2O2/c19-10-4-6-15-13(8-10)18(23,17(21)22-15)14-9-11(20)5-7-16(14)24-12-2-1-3-12/h4-9,12,23H,1-3H2,(H2,21,22). The Morgan fingerprint density at radius 3 is 2.71 bits per heavy atom. The number of nitrogens with zero attached hydrogens (tertiary/aromatic N) is 1. The van der Waals surface area contributed by atoms with Crippen LogP contribution in [0.3, 0.4) is 0 Å². The van der Waals surface area contributed by atoms with Gasteiger partial charge in [0.05, 0.1) is 11.8 Å². The second-order valence-corrected chi connectivity index (χ2v) is 6.62. The zero-order chi connectivity index (χ0) is 16.9. The summed E-state index contributed by atoms with van der Waals surface area (Å²) in [6.45, 7) is 0. The fraction of sp³-hybridized carbons (Fsp3) is 0.278. The van der Waals surface area contributed by atoms with Crippen molar-refractivity contribution < 1.29 is 14.2 Å². The number of hydrogen-bond donors (Lipinski definition) is 2. The van der Waals surface area contributed by atoms with Gasteiger partial charge in [-0.1, -0.05) is 11.6 Å². The van der Waals surface area contributed by atoms with Gasteiger partial charge in [0.1, 0.15) is 17.4 Å². The molecular formula is C18H16ClFN2O2. The number of aliphatic imine (C=N–C) groups is 1. The van der Waals surface area contributed by atoms with Crippen LogP contribution in [0, 0.1) is 5.82 Å². The molecule has 4 nitrogen and oxygen atoms in total. The molecule has 1 heterocycles. The molecular weight excluding hydrogens is 331 g/mol. The van der Waals surface area contributed by atoms with Crippen LogP contribution in [0.4, 0.5) is 10.1 Å². The number of amidine groups is 1. The van der Waals surface area contributed by atoms with Crippen molar-refractivity contribution >= 4 is 23.1 Å². The molecule has 24 heavy (non-hydrogen) atoms. The third-order valence-electron chi connectivity index (χ3n) is 4.64. The molecule has 3 N–H and O–H groups in total. The topological polar surface area (TPSA) is 67.8 Å². The van der Waals surface area contributed by atoms with Gasteiger partial charge in [-0.2, -0.15) is 0 Å². The van der Waals surface area contributed by atoms with Gasteiger partial charge in [0.2, 0.25) is 0 Å². The average molecular weight is 347 g/mol. The van der Waals surface area contributed by atoms with Crippen molar-refractivity contribution in [3.05, 3.63) is 58.4 Å². The van der Waals surface area contributed by atoms with E-state index in [1.807, 2.05) is 0 Å². The van der Waals surface area contributed by atoms with E-state index in [-0.39, 0.29) is 17.5 Å². The predicted octanol–water partition coefficient (Wildman–Crippen LogP) is 3.65. The van der Waals surface area contributed by atoms with E-state index >= 15 is 0 Å². The Morgan fingerprint density at radius 1 is 1.21 bits per heavy atom. The van der Waals surface area contributed by atoms with Crippen LogP contribution >= 0.6 is 11.6 Å². The quantitative estimate of drug-likeness (QED) is 0.891. The molecule has 1 aliphatic carbocycles. The first kappa shape index (κ1) is 15.4. The molecule has 0 amide bonds. The zero-order valence-electron chi connectivity index (χ0n) is 12.8. The Kier molecular flexibility index (Phi) is 3.51. The lowest BCUT2D eigenvalue weighted by molar-refractivity contribution is 0.106. The largest absolute Gasteiger partial charge is 0.490 e. The highest BCUT2D eigenvalue weighted by molar-refractivity contribution is 6.30. The highest BCUT2D eigenvalue weighted by Crippen LogP contribution is 2.46. The van der Waals surface area contributed by atoms with Crippen LogP contribution in [-0.4, -0.2) is 17.0 Å². The molecule has 0 saturated heterocycles. The molecule has 2 aromatic rings. The third kappa shape index (κ3) is 2.27. The molecule has 1 unspecified atom stereocenters. The molecule has 2 aliphatic rings. The van der Waals surface area contributed by atoms with E-state index in [0.29, 0.717) is 22.0 Å². The predicted molar refractivity (Wildman–Crippen MR) is 90.4 cm³/mol. The van der Waals surface area contributed by atoms with Gasteiger partial charge >= 0.3 is 0 Å². The average Bonchev–Trinajstić information content (AvgIpc) is 2.76. The van der Waals surface area contributed by atoms with Crippen LogP contribution in [0.1, 0.15) is 30.4 Å². The van der Waals surface area contributed by atoms with Crippen molar-refractivity contribution in [3.8, 4) is 5.75 Å². The molecule has 124 valence electrons. The first-order chi connectivity index (χ1) is 11.5. The van der Waals surface area contributed by atoms with Crippen LogP contribution in [0.15, 0.2) is 41.4 Å². The highest BCUT2D eigenvalue weighted by atomic mass is 35.5. The van der Waals surface area contributed by atoms with E-state index in [1.54, 1.807) is 18.2 Å². The van der Waals surface area contributed by atoms with Crippen LogP contribution in [0.5, 0.6) is 5.75 Å². The first-order valence-corrected chi connectivity index (χ1v) is 8.20. The Labute approximate surface area is 143 Å². The second-order valence-electron chi connectivity index (χ2n) is 6.18. The van der Waals surface area contributed by atoms with Crippen LogP contribution in [-0.2, 0) is 5.60 Å². The summed E-state index contributed by atoms with van der Waals surface area (Å²) in [7, 11) is 0. The van der Waals surface area contributed by atoms with Crippen LogP contribution in [0.2, 0.25) is 5.02 Å². The number of halogens is 2. The molecule has 0 aromatic heterocycles. The van der Waals surface area contributed by atoms with Crippen molar-refractivity contribution in [2.24, 2.45) is 10.7 Å². The Morgan fingerprint density at radius 2 is 2.00 bits per heavy atom. The van der Waals surface area contributed by atoms with Crippen molar-refractivity contribution in [1.82, 2.24) is 0 Å². The minimum atomic E-state index is -1.76. The van der Waals surface area contributed by atoms with Crippen LogP contribution < -0.4 is 10.5 Å². The molecule has 1 fully saturated rings. The lowest BCUT2D eigenvalue weighted by Crippen LogP contribution is -2.40. The smallest absolute Gasteiger partial charge is 0.178 e. The van der Waals surface area contributed by atoms with Gasteiger partial charge in [0.15, 0.2) is 5.60 Å². The maximum atomic E-state index is 13.9. The molecule has 0 radical (unpaired) electrons. The summed E-state index contributed by atoms with van der Waals surface area (Å²) in [6.07, 6.45) is 3.08. The molecule has 1 atom stereocenters. The summed E-state index contributed by atoms with van der Waals surface area (Å²) in [5.74, 6) is -0.0962. The minimum absolute atomic E-state index is 0.0242. The van der Waals surface area contributed by atoms with E-state index in [2.05, 4.69) is 4.99 Å². The van der Waals surface area contributed by atoms with Gasteiger partial charge < -0.3 is 15.6 Å². The molecule has 1 aliphatic heterocycles. The van der Waals surface area contributed by atoms with Gasteiger partial charge in [-0.25, -0.2) is 9.38 Å². The summed E-state index contributed by atoms with van der Waals surface area (Å²) < 4.78 is 19.9. The van der Waals surface area contributed by atoms with Gasteiger partial charge in [-0.05, 0) is 55.7 Å². The number of hydrogen-bond acceptors (Lipinski definition) is 4. The number of fused-ring (bicyclic) bond motifs is 1. The summed E-state index contributed by atoms with van der Waals surface area (Å²) in [5.41, 5.74) is 5.44. The van der Waals surface area contributed by atoms with Crippen molar-refractivity contribution in [2.45, 2.75) is 31.0 Å². The first-order valence-electron chi connectivity index (χ1n) is 7.82. The van der Waals surface area contributed by atoms with E-state index in [1.165, 1.54) is 18.2 Å². The van der Waals surface area contributed by atoms with E-state index in [0.717, 1.165) is 19.3 Å². The lowest BCUT2D eigenvalue weighted by Gasteiger charge is -2.31. The highest BCUT2D eigenvalue weighted by Gasteiger charge is 2.45. The maximum Gasteiger partial charge on any atom is 0.178 e. The third-order valence-corrected chi connectivity index (χ3v) is 4.87. The number of nitrogens with two attached hydrogens (primary N) is 1. The van der Waals surface area contributed by atoms with Crippen molar-refractivity contribution in [1.29, 1.82) is 0 Å². The SMILES string of the molecule is NC1=Nc2ccc(Cl)cc2C1(O)c1cc(F)ccc1OC1CCC1. The van der Waals surface area contributed by atoms with Gasteiger partial charge in [0, 0.05) is 16.1 Å². The van der Waals surface area contributed by atoms with Crippen LogP contribution in [0.25, 0.3) is 0 Å². The van der Waals surface area contributed by atoms with E-state index < -0.39 is 11.4 Å². The molecule has 0 bridgehead atoms. The Hall–Kier alpha value is -2.11. The summed E-state index contributed by atoms with van der Waals surface area (Å²) in [5, 5.41) is 11.8. The molecule has 2 aromatic carbocycles. The summed E-state index contributed by atoms with van der Waals surface area (Å²) >= 11 is 6.06. The molecule has 0 spiro atoms. The van der Waals surface area contributed by atoms with Crippen molar-refractivity contribution in [3.63, 3.8) is 0 Å². The van der Waals surface area contributed by atoms with Gasteiger partial charge in [0.25, 0.3) is 0 Å². The number of rotatable bonds is 3. The van der Waals surface area contributed by atoms with E-state index in [4.69, 9.17) is 22.1 Å². The van der Waals surface area contributed by atoms with Gasteiger partial charge in [-0.15, -0.1) is 0 Å². The Balaban J connectivity index is 1.87. The van der Waals surface area contributed by atoms with Gasteiger partial charge in [-0.3, -0.25) is 0 Å². The normalized spacial score (nSPS) is 22.7. The zero-order valence-corrected chi connectivity index (χ0v) is 13.6. The fourth-order valence-corrected chi connectivity index (χ4v) is 3.26. The summed E-state index contributed by atoms with van der Waals surface area (Å²) in [6, 6.07) is 9.01. The Bertz CT molecular complexity index is 851. The monoisotopic (exact) mass is 346 g/mol.